The van der Waals surface area contributed by atoms with Crippen LogP contribution in [-0.4, -0.2) is 21.1 Å². The molecule has 0 amide bonds. The molecule has 2 rings (SSSR count). The number of benzene rings is 1. The molecule has 1 aromatic carbocycles. The predicted molar refractivity (Wildman–Crippen MR) is 80.5 cm³/mol. The number of hydrogen-bond acceptors (Lipinski definition) is 3. The Morgan fingerprint density at radius 1 is 1.18 bits per heavy atom. The smallest absolute Gasteiger partial charge is 0.250 e. The lowest BCUT2D eigenvalue weighted by atomic mass is 9.87. The monoisotopic (exact) mass is 328 g/mol. The van der Waals surface area contributed by atoms with E-state index in [9.17, 15) is 13.2 Å². The molecule has 0 aliphatic heterocycles. The van der Waals surface area contributed by atoms with Crippen LogP contribution in [0.2, 0.25) is 0 Å². The number of rotatable bonds is 2. The number of aromatic amines is 1. The van der Waals surface area contributed by atoms with Crippen LogP contribution in [-0.2, 0) is 11.6 Å². The van der Waals surface area contributed by atoms with Crippen LogP contribution in [0.15, 0.2) is 29.4 Å². The SMILES string of the molecule is CC(C)(C)c1ccc(/C=N/n2c(C(F)(F)F)n[nH]c2=S)cc1. The van der Waals surface area contributed by atoms with E-state index in [1.807, 2.05) is 12.1 Å². The van der Waals surface area contributed by atoms with Crippen molar-refractivity contribution in [2.45, 2.75) is 32.4 Å². The van der Waals surface area contributed by atoms with Crippen molar-refractivity contribution in [1.82, 2.24) is 14.9 Å². The van der Waals surface area contributed by atoms with Crippen molar-refractivity contribution in [3.05, 3.63) is 46.0 Å². The zero-order valence-corrected chi connectivity index (χ0v) is 13.1. The first-order chi connectivity index (χ1) is 10.1. The summed E-state index contributed by atoms with van der Waals surface area (Å²) in [6.07, 6.45) is -3.31. The Kier molecular flexibility index (Phi) is 4.23. The van der Waals surface area contributed by atoms with Gasteiger partial charge >= 0.3 is 6.18 Å². The molecule has 0 bridgehead atoms. The van der Waals surface area contributed by atoms with E-state index in [2.05, 4.69) is 36.1 Å². The first-order valence-electron chi connectivity index (χ1n) is 6.48. The predicted octanol–water partition coefficient (Wildman–Crippen LogP) is 4.14. The van der Waals surface area contributed by atoms with Gasteiger partial charge in [0.2, 0.25) is 4.77 Å². The lowest BCUT2D eigenvalue weighted by Crippen LogP contribution is -2.13. The maximum Gasteiger partial charge on any atom is 0.453 e. The van der Waals surface area contributed by atoms with E-state index in [-0.39, 0.29) is 10.2 Å². The number of alkyl halides is 3. The van der Waals surface area contributed by atoms with Crippen LogP contribution in [0.25, 0.3) is 0 Å². The van der Waals surface area contributed by atoms with Crippen LogP contribution in [0.4, 0.5) is 13.2 Å². The van der Waals surface area contributed by atoms with Gasteiger partial charge in [0.25, 0.3) is 5.82 Å². The van der Waals surface area contributed by atoms with Crippen LogP contribution >= 0.6 is 12.2 Å². The summed E-state index contributed by atoms with van der Waals surface area (Å²) >= 11 is 4.76. The fourth-order valence-corrected chi connectivity index (χ4v) is 1.96. The summed E-state index contributed by atoms with van der Waals surface area (Å²) in [5.74, 6) is -1.18. The molecule has 0 radical (unpaired) electrons. The zero-order valence-electron chi connectivity index (χ0n) is 12.3. The van der Waals surface area contributed by atoms with Crippen LogP contribution in [0.1, 0.15) is 37.7 Å². The van der Waals surface area contributed by atoms with Crippen molar-refractivity contribution >= 4 is 18.4 Å². The quantitative estimate of drug-likeness (QED) is 0.665. The summed E-state index contributed by atoms with van der Waals surface area (Å²) in [4.78, 5) is 0. The van der Waals surface area contributed by atoms with Gasteiger partial charge in [0.05, 0.1) is 6.21 Å². The van der Waals surface area contributed by atoms with E-state index < -0.39 is 12.0 Å². The van der Waals surface area contributed by atoms with E-state index in [4.69, 9.17) is 12.2 Å². The lowest BCUT2D eigenvalue weighted by Gasteiger charge is -2.18. The molecule has 0 aliphatic carbocycles. The standard InChI is InChI=1S/C14H15F3N4S/c1-13(2,3)10-6-4-9(5-7-10)8-18-21-11(14(15,16)17)19-20-12(21)22/h4-8H,1-3H3,(H,20,22)/b18-8+. The second-order valence-electron chi connectivity index (χ2n) is 5.78. The van der Waals surface area contributed by atoms with Crippen molar-refractivity contribution < 1.29 is 13.2 Å². The van der Waals surface area contributed by atoms with Crippen molar-refractivity contribution in [1.29, 1.82) is 0 Å². The van der Waals surface area contributed by atoms with Gasteiger partial charge in [-0.05, 0) is 28.8 Å². The van der Waals surface area contributed by atoms with Crippen molar-refractivity contribution in [2.75, 3.05) is 0 Å². The Balaban J connectivity index is 2.30. The van der Waals surface area contributed by atoms with Gasteiger partial charge in [-0.1, -0.05) is 45.0 Å². The summed E-state index contributed by atoms with van der Waals surface area (Å²) in [6.45, 7) is 6.24. The second-order valence-corrected chi connectivity index (χ2v) is 6.17. The Hall–Kier alpha value is -1.96. The molecule has 4 nitrogen and oxygen atoms in total. The minimum absolute atomic E-state index is 0.00617. The third kappa shape index (κ3) is 3.62. The minimum Gasteiger partial charge on any atom is -0.250 e. The average molecular weight is 328 g/mol. The fourth-order valence-electron chi connectivity index (χ4n) is 1.78. The third-order valence-corrected chi connectivity index (χ3v) is 3.27. The number of H-pyrrole nitrogens is 1. The van der Waals surface area contributed by atoms with E-state index in [1.165, 1.54) is 6.21 Å². The van der Waals surface area contributed by atoms with Crippen molar-refractivity contribution in [3.8, 4) is 0 Å². The molecule has 0 spiro atoms. The normalized spacial score (nSPS) is 13.0. The molecule has 1 N–H and O–H groups in total. The lowest BCUT2D eigenvalue weighted by molar-refractivity contribution is -0.147. The minimum atomic E-state index is -4.62. The Morgan fingerprint density at radius 2 is 1.77 bits per heavy atom. The van der Waals surface area contributed by atoms with Crippen LogP contribution in [0.3, 0.4) is 0 Å². The van der Waals surface area contributed by atoms with Gasteiger partial charge in [-0.3, -0.25) is 0 Å². The second kappa shape index (κ2) is 5.68. The highest BCUT2D eigenvalue weighted by atomic mass is 32.1. The van der Waals surface area contributed by atoms with E-state index in [0.717, 1.165) is 5.56 Å². The van der Waals surface area contributed by atoms with Gasteiger partial charge in [-0.25, -0.2) is 5.10 Å². The molecule has 1 aromatic heterocycles. The molecular weight excluding hydrogens is 313 g/mol. The van der Waals surface area contributed by atoms with Crippen LogP contribution in [0, 0.1) is 4.77 Å². The number of nitrogens with zero attached hydrogens (tertiary/aromatic N) is 3. The van der Waals surface area contributed by atoms with Gasteiger partial charge < -0.3 is 0 Å². The fraction of sp³-hybridized carbons (Fsp3) is 0.357. The summed E-state index contributed by atoms with van der Waals surface area (Å²) in [5, 5.41) is 9.01. The summed E-state index contributed by atoms with van der Waals surface area (Å²) in [5.41, 5.74) is 1.80. The Bertz CT molecular complexity index is 733. The van der Waals surface area contributed by atoms with E-state index >= 15 is 0 Å². The molecule has 0 aliphatic rings. The van der Waals surface area contributed by atoms with Crippen molar-refractivity contribution in [3.63, 3.8) is 0 Å². The molecule has 1 heterocycles. The van der Waals surface area contributed by atoms with E-state index in [0.29, 0.717) is 10.2 Å². The highest BCUT2D eigenvalue weighted by Crippen LogP contribution is 2.27. The van der Waals surface area contributed by atoms with Crippen molar-refractivity contribution in [2.24, 2.45) is 5.10 Å². The number of aromatic nitrogens is 3. The highest BCUT2D eigenvalue weighted by Gasteiger charge is 2.37. The van der Waals surface area contributed by atoms with E-state index in [1.54, 1.807) is 12.1 Å². The first kappa shape index (κ1) is 16.4. The number of halogens is 3. The average Bonchev–Trinajstić information content (AvgIpc) is 2.77. The van der Waals surface area contributed by atoms with Gasteiger partial charge in [0, 0.05) is 0 Å². The Morgan fingerprint density at radius 3 is 2.27 bits per heavy atom. The molecule has 8 heteroatoms. The summed E-state index contributed by atoms with van der Waals surface area (Å²) < 4.78 is 38.6. The molecule has 0 atom stereocenters. The number of hydrogen-bond donors (Lipinski definition) is 1. The number of nitrogens with one attached hydrogen (secondary N) is 1. The van der Waals surface area contributed by atoms with Gasteiger partial charge in [-0.15, -0.1) is 5.10 Å². The first-order valence-corrected chi connectivity index (χ1v) is 6.89. The van der Waals surface area contributed by atoms with Gasteiger partial charge in [-0.2, -0.15) is 22.9 Å². The largest absolute Gasteiger partial charge is 0.453 e. The maximum atomic E-state index is 12.7. The maximum absolute atomic E-state index is 12.7. The zero-order chi connectivity index (χ0) is 16.5. The molecule has 0 saturated heterocycles. The molecule has 0 saturated carbocycles. The molecule has 0 fully saturated rings. The highest BCUT2D eigenvalue weighted by molar-refractivity contribution is 7.71. The summed E-state index contributed by atoms with van der Waals surface area (Å²) in [7, 11) is 0. The van der Waals surface area contributed by atoms with Gasteiger partial charge in [0.1, 0.15) is 0 Å². The Labute approximate surface area is 130 Å². The van der Waals surface area contributed by atoms with Crippen LogP contribution < -0.4 is 0 Å². The molecule has 0 unspecified atom stereocenters. The topological polar surface area (TPSA) is 46.0 Å². The van der Waals surface area contributed by atoms with Crippen LogP contribution in [0.5, 0.6) is 0 Å². The molecular formula is C14H15F3N4S. The molecule has 22 heavy (non-hydrogen) atoms. The summed E-state index contributed by atoms with van der Waals surface area (Å²) in [6, 6.07) is 7.42. The molecule has 2 aromatic rings. The van der Waals surface area contributed by atoms with Gasteiger partial charge in [0.15, 0.2) is 0 Å². The third-order valence-electron chi connectivity index (χ3n) is 3.00. The molecule has 118 valence electrons.